The zero-order valence-electron chi connectivity index (χ0n) is 25.5. The first-order valence-electron chi connectivity index (χ1n) is 15.8. The van der Waals surface area contributed by atoms with Crippen molar-refractivity contribution in [3.63, 3.8) is 0 Å². The molecule has 0 amide bonds. The van der Waals surface area contributed by atoms with E-state index in [0.717, 1.165) is 77.7 Å². The number of hydrogen-bond acceptors (Lipinski definition) is 3. The van der Waals surface area contributed by atoms with Crippen molar-refractivity contribution in [2.24, 2.45) is 0 Å². The average Bonchev–Trinajstić information content (AvgIpc) is 3.55. The highest BCUT2D eigenvalue weighted by atomic mass is 16.3. The highest BCUT2D eigenvalue weighted by molar-refractivity contribution is 6.19. The van der Waals surface area contributed by atoms with E-state index in [0.29, 0.717) is 5.82 Å². The van der Waals surface area contributed by atoms with Crippen molar-refractivity contribution in [2.45, 2.75) is 0 Å². The monoisotopic (exact) mass is 600 g/mol. The lowest BCUT2D eigenvalue weighted by atomic mass is 9.92. The second kappa shape index (κ2) is 11.2. The molecule has 3 heteroatoms. The molecular formula is C44H28N2O. The molecule has 7 aromatic carbocycles. The van der Waals surface area contributed by atoms with Crippen LogP contribution in [0.25, 0.3) is 88.9 Å². The van der Waals surface area contributed by atoms with Gasteiger partial charge in [-0.2, -0.15) is 0 Å². The van der Waals surface area contributed by atoms with E-state index in [-0.39, 0.29) is 0 Å². The summed E-state index contributed by atoms with van der Waals surface area (Å²) in [5, 5.41) is 4.51. The predicted molar refractivity (Wildman–Crippen MR) is 194 cm³/mol. The highest BCUT2D eigenvalue weighted by Crippen LogP contribution is 2.42. The number of rotatable bonds is 5. The van der Waals surface area contributed by atoms with Crippen LogP contribution in [0.1, 0.15) is 0 Å². The zero-order valence-corrected chi connectivity index (χ0v) is 25.5. The second-order valence-corrected chi connectivity index (χ2v) is 11.8. The van der Waals surface area contributed by atoms with Crippen LogP contribution >= 0.6 is 0 Å². The van der Waals surface area contributed by atoms with Crippen molar-refractivity contribution < 1.29 is 4.42 Å². The van der Waals surface area contributed by atoms with Crippen molar-refractivity contribution in [1.29, 1.82) is 0 Å². The van der Waals surface area contributed by atoms with Crippen LogP contribution in [0.15, 0.2) is 174 Å². The lowest BCUT2D eigenvalue weighted by molar-refractivity contribution is 0.673. The van der Waals surface area contributed by atoms with Crippen molar-refractivity contribution in [3.05, 3.63) is 170 Å². The van der Waals surface area contributed by atoms with E-state index >= 15 is 0 Å². The largest absolute Gasteiger partial charge is 0.455 e. The molecule has 3 nitrogen and oxygen atoms in total. The number of hydrogen-bond donors (Lipinski definition) is 0. The fourth-order valence-electron chi connectivity index (χ4n) is 6.59. The summed E-state index contributed by atoms with van der Waals surface area (Å²) in [6, 6.07) is 59.1. The van der Waals surface area contributed by atoms with Gasteiger partial charge in [0, 0.05) is 32.8 Å². The molecule has 0 aliphatic carbocycles. The quantitative estimate of drug-likeness (QED) is 0.197. The van der Waals surface area contributed by atoms with Crippen LogP contribution < -0.4 is 0 Å². The topological polar surface area (TPSA) is 38.9 Å². The molecule has 2 heterocycles. The second-order valence-electron chi connectivity index (χ2n) is 11.8. The Morgan fingerprint density at radius 2 is 1.00 bits per heavy atom. The van der Waals surface area contributed by atoms with Crippen molar-refractivity contribution in [2.75, 3.05) is 0 Å². The summed E-state index contributed by atoms with van der Waals surface area (Å²) in [5.74, 6) is 0.698. The minimum Gasteiger partial charge on any atom is -0.455 e. The third kappa shape index (κ3) is 4.86. The molecular weight excluding hydrogens is 572 g/mol. The fourth-order valence-corrected chi connectivity index (χ4v) is 6.59. The van der Waals surface area contributed by atoms with Gasteiger partial charge in [0.1, 0.15) is 11.2 Å². The summed E-state index contributed by atoms with van der Waals surface area (Å²) in [6.07, 6.45) is 0. The minimum atomic E-state index is 0.698. The third-order valence-electron chi connectivity index (χ3n) is 8.86. The Morgan fingerprint density at radius 1 is 0.383 bits per heavy atom. The zero-order chi connectivity index (χ0) is 31.2. The number of nitrogens with zero attached hydrogens (tertiary/aromatic N) is 2. The van der Waals surface area contributed by atoms with Crippen LogP contribution in [0.5, 0.6) is 0 Å². The summed E-state index contributed by atoms with van der Waals surface area (Å²) >= 11 is 0. The van der Waals surface area contributed by atoms with Crippen LogP contribution in [-0.4, -0.2) is 9.97 Å². The number of furan rings is 1. The standard InChI is InChI=1S/C44H28N2O/c1-4-13-29(14-5-1)33-25-34(36-21-12-22-41-42(36)38-24-23-30-15-10-11-20-37(30)43(38)47-41)27-35(26-33)40-28-39(31-16-6-2-7-17-31)45-44(46-40)32-18-8-3-9-19-32/h1-28H. The van der Waals surface area contributed by atoms with Crippen LogP contribution in [0.4, 0.5) is 0 Å². The molecule has 0 bridgehead atoms. The maximum absolute atomic E-state index is 6.57. The molecule has 0 fully saturated rings. The molecule has 9 rings (SSSR count). The van der Waals surface area contributed by atoms with Gasteiger partial charge in [-0.3, -0.25) is 0 Å². The van der Waals surface area contributed by atoms with Crippen LogP contribution in [0.2, 0.25) is 0 Å². The first-order chi connectivity index (χ1) is 23.3. The fraction of sp³-hybridized carbons (Fsp3) is 0. The SMILES string of the molecule is c1ccc(-c2cc(-c3cc(-c4ccccc4)nc(-c4ccccc4)n3)cc(-c3cccc4oc5c6ccccc6ccc5c34)c2)cc1. The van der Waals surface area contributed by atoms with Gasteiger partial charge < -0.3 is 4.42 Å². The molecule has 0 spiro atoms. The lowest BCUT2D eigenvalue weighted by Crippen LogP contribution is -1.96. The van der Waals surface area contributed by atoms with Crippen LogP contribution in [0, 0.1) is 0 Å². The van der Waals surface area contributed by atoms with Gasteiger partial charge in [-0.1, -0.05) is 133 Å². The maximum Gasteiger partial charge on any atom is 0.160 e. The summed E-state index contributed by atoms with van der Waals surface area (Å²) in [6.45, 7) is 0. The number of aromatic nitrogens is 2. The Hall–Kier alpha value is -6.32. The van der Waals surface area contributed by atoms with Crippen molar-refractivity contribution in [1.82, 2.24) is 9.97 Å². The molecule has 0 unspecified atom stereocenters. The first-order valence-corrected chi connectivity index (χ1v) is 15.8. The van der Waals surface area contributed by atoms with Gasteiger partial charge in [-0.15, -0.1) is 0 Å². The van der Waals surface area contributed by atoms with E-state index in [1.54, 1.807) is 0 Å². The molecule has 47 heavy (non-hydrogen) atoms. The number of benzene rings is 7. The molecule has 0 N–H and O–H groups in total. The molecule has 0 radical (unpaired) electrons. The van der Waals surface area contributed by atoms with Crippen molar-refractivity contribution >= 4 is 32.7 Å². The van der Waals surface area contributed by atoms with Gasteiger partial charge in [-0.25, -0.2) is 9.97 Å². The van der Waals surface area contributed by atoms with Crippen molar-refractivity contribution in [3.8, 4) is 56.2 Å². The minimum absolute atomic E-state index is 0.698. The Bertz CT molecular complexity index is 2500. The summed E-state index contributed by atoms with van der Waals surface area (Å²) in [7, 11) is 0. The molecule has 0 aliphatic heterocycles. The Morgan fingerprint density at radius 3 is 1.77 bits per heavy atom. The Labute approximate surface area is 272 Å². The lowest BCUT2D eigenvalue weighted by Gasteiger charge is -2.14. The molecule has 0 aliphatic rings. The van der Waals surface area contributed by atoms with E-state index in [4.69, 9.17) is 14.4 Å². The van der Waals surface area contributed by atoms with Crippen LogP contribution in [0.3, 0.4) is 0 Å². The highest BCUT2D eigenvalue weighted by Gasteiger charge is 2.17. The normalized spacial score (nSPS) is 11.4. The van der Waals surface area contributed by atoms with Gasteiger partial charge in [0.15, 0.2) is 5.82 Å². The third-order valence-corrected chi connectivity index (χ3v) is 8.86. The van der Waals surface area contributed by atoms with E-state index < -0.39 is 0 Å². The van der Waals surface area contributed by atoms with Gasteiger partial charge in [-0.05, 0) is 64.0 Å². The van der Waals surface area contributed by atoms with Gasteiger partial charge in [0.05, 0.1) is 11.4 Å². The Balaban J connectivity index is 1.31. The molecule has 0 saturated heterocycles. The predicted octanol–water partition coefficient (Wildman–Crippen LogP) is 11.9. The molecule has 2 aromatic heterocycles. The molecule has 0 saturated carbocycles. The van der Waals surface area contributed by atoms with Crippen LogP contribution in [-0.2, 0) is 0 Å². The van der Waals surface area contributed by atoms with Gasteiger partial charge >= 0.3 is 0 Å². The molecule has 0 atom stereocenters. The smallest absolute Gasteiger partial charge is 0.160 e. The number of fused-ring (bicyclic) bond motifs is 5. The Kier molecular flexibility index (Phi) is 6.46. The maximum atomic E-state index is 6.57. The molecule has 9 aromatic rings. The van der Waals surface area contributed by atoms with Gasteiger partial charge in [0.2, 0.25) is 0 Å². The van der Waals surface area contributed by atoms with E-state index in [1.807, 2.05) is 36.4 Å². The van der Waals surface area contributed by atoms with E-state index in [2.05, 4.69) is 133 Å². The average molecular weight is 601 g/mol. The van der Waals surface area contributed by atoms with E-state index in [9.17, 15) is 0 Å². The first kappa shape index (κ1) is 27.0. The summed E-state index contributed by atoms with van der Waals surface area (Å²) in [5.41, 5.74) is 11.1. The molecule has 220 valence electrons. The summed E-state index contributed by atoms with van der Waals surface area (Å²) < 4.78 is 6.57. The van der Waals surface area contributed by atoms with Gasteiger partial charge in [0.25, 0.3) is 0 Å². The van der Waals surface area contributed by atoms with E-state index in [1.165, 1.54) is 5.39 Å². The summed E-state index contributed by atoms with van der Waals surface area (Å²) in [4.78, 5) is 10.2.